The molecule has 0 aromatic carbocycles. The molecule has 0 bridgehead atoms. The van der Waals surface area contributed by atoms with Gasteiger partial charge >= 0.3 is 0 Å². The topological polar surface area (TPSA) is 58.4 Å². The third kappa shape index (κ3) is 4.06. The van der Waals surface area contributed by atoms with E-state index in [0.29, 0.717) is 18.0 Å². The van der Waals surface area contributed by atoms with E-state index in [1.54, 1.807) is 0 Å². The number of piperidine rings is 1. The number of nitrogens with two attached hydrogens (primary N) is 1. The average Bonchev–Trinajstić information content (AvgIpc) is 2.27. The van der Waals surface area contributed by atoms with E-state index in [9.17, 15) is 4.79 Å². The molecule has 1 aliphatic rings. The Morgan fingerprint density at radius 2 is 2.31 bits per heavy atom. The maximum atomic E-state index is 11.4. The van der Waals surface area contributed by atoms with E-state index in [-0.39, 0.29) is 11.9 Å². The number of hydrogen-bond donors (Lipinski definition) is 2. The SMILES string of the molecule is CCNC(=O)CCN1CCCCC1C(N)=S. The van der Waals surface area contributed by atoms with Gasteiger partial charge in [0, 0.05) is 19.5 Å². The van der Waals surface area contributed by atoms with Gasteiger partial charge in [-0.25, -0.2) is 0 Å². The van der Waals surface area contributed by atoms with Gasteiger partial charge in [-0.15, -0.1) is 0 Å². The summed E-state index contributed by atoms with van der Waals surface area (Å²) in [4.78, 5) is 14.2. The lowest BCUT2D eigenvalue weighted by molar-refractivity contribution is -0.121. The molecule has 0 saturated carbocycles. The largest absolute Gasteiger partial charge is 0.392 e. The van der Waals surface area contributed by atoms with Gasteiger partial charge in [0.05, 0.1) is 11.0 Å². The zero-order chi connectivity index (χ0) is 12.0. The number of carbonyl (C=O) groups is 1. The zero-order valence-electron chi connectivity index (χ0n) is 9.87. The first-order chi connectivity index (χ1) is 7.65. The molecule has 1 amide bonds. The first-order valence-electron chi connectivity index (χ1n) is 5.95. The van der Waals surface area contributed by atoms with E-state index in [1.165, 1.54) is 12.8 Å². The van der Waals surface area contributed by atoms with Crippen molar-refractivity contribution in [3.63, 3.8) is 0 Å². The predicted molar refractivity (Wildman–Crippen MR) is 69.3 cm³/mol. The minimum absolute atomic E-state index is 0.106. The second kappa shape index (κ2) is 6.81. The van der Waals surface area contributed by atoms with Crippen LogP contribution in [0, 0.1) is 0 Å². The molecular formula is C11H21N3OS. The minimum Gasteiger partial charge on any atom is -0.392 e. The molecule has 0 aliphatic carbocycles. The van der Waals surface area contributed by atoms with Gasteiger partial charge in [-0.05, 0) is 26.3 Å². The Morgan fingerprint density at radius 1 is 1.56 bits per heavy atom. The summed E-state index contributed by atoms with van der Waals surface area (Å²) in [6, 6.07) is 0.193. The first kappa shape index (κ1) is 13.4. The Bertz CT molecular complexity index is 258. The fourth-order valence-electron chi connectivity index (χ4n) is 2.11. The van der Waals surface area contributed by atoms with E-state index in [0.717, 1.165) is 19.5 Å². The Kier molecular flexibility index (Phi) is 5.69. The lowest BCUT2D eigenvalue weighted by atomic mass is 10.0. The molecule has 92 valence electrons. The first-order valence-corrected chi connectivity index (χ1v) is 6.36. The highest BCUT2D eigenvalue weighted by atomic mass is 32.1. The summed E-state index contributed by atoms with van der Waals surface area (Å²) in [5.74, 6) is 0.106. The lowest BCUT2D eigenvalue weighted by Crippen LogP contribution is -2.47. The molecule has 3 N–H and O–H groups in total. The molecule has 1 heterocycles. The van der Waals surface area contributed by atoms with Crippen molar-refractivity contribution in [1.82, 2.24) is 10.2 Å². The van der Waals surface area contributed by atoms with E-state index >= 15 is 0 Å². The zero-order valence-corrected chi connectivity index (χ0v) is 10.7. The Hall–Kier alpha value is -0.680. The van der Waals surface area contributed by atoms with Gasteiger partial charge in [0.1, 0.15) is 0 Å². The normalized spacial score (nSPS) is 21.7. The van der Waals surface area contributed by atoms with Crippen LogP contribution in [-0.4, -0.2) is 41.5 Å². The predicted octanol–water partition coefficient (Wildman–Crippen LogP) is 0.653. The van der Waals surface area contributed by atoms with Gasteiger partial charge in [-0.2, -0.15) is 0 Å². The van der Waals surface area contributed by atoms with Crippen LogP contribution in [0.4, 0.5) is 0 Å². The van der Waals surface area contributed by atoms with Crippen molar-refractivity contribution in [2.75, 3.05) is 19.6 Å². The number of amides is 1. The van der Waals surface area contributed by atoms with Gasteiger partial charge in [0.15, 0.2) is 0 Å². The molecule has 1 aliphatic heterocycles. The summed E-state index contributed by atoms with van der Waals surface area (Å²) >= 11 is 5.06. The molecule has 1 unspecified atom stereocenters. The molecule has 1 rings (SSSR count). The minimum atomic E-state index is 0.106. The molecule has 0 aromatic rings. The smallest absolute Gasteiger partial charge is 0.221 e. The van der Waals surface area contributed by atoms with Crippen molar-refractivity contribution in [2.45, 2.75) is 38.6 Å². The lowest BCUT2D eigenvalue weighted by Gasteiger charge is -2.34. The van der Waals surface area contributed by atoms with Gasteiger partial charge in [0.2, 0.25) is 5.91 Å². The molecule has 4 nitrogen and oxygen atoms in total. The van der Waals surface area contributed by atoms with Gasteiger partial charge in [-0.1, -0.05) is 18.6 Å². The summed E-state index contributed by atoms with van der Waals surface area (Å²) < 4.78 is 0. The van der Waals surface area contributed by atoms with E-state index in [4.69, 9.17) is 18.0 Å². The van der Waals surface area contributed by atoms with Crippen LogP contribution in [-0.2, 0) is 4.79 Å². The highest BCUT2D eigenvalue weighted by molar-refractivity contribution is 7.80. The fraction of sp³-hybridized carbons (Fsp3) is 0.818. The number of nitrogens with one attached hydrogen (secondary N) is 1. The molecule has 1 atom stereocenters. The van der Waals surface area contributed by atoms with Crippen LogP contribution < -0.4 is 11.1 Å². The quantitative estimate of drug-likeness (QED) is 0.696. The number of rotatable bonds is 5. The molecule has 1 fully saturated rings. The summed E-state index contributed by atoms with van der Waals surface area (Å²) in [6.07, 6.45) is 3.92. The highest BCUT2D eigenvalue weighted by Gasteiger charge is 2.24. The average molecular weight is 243 g/mol. The van der Waals surface area contributed by atoms with Crippen LogP contribution >= 0.6 is 12.2 Å². The third-order valence-electron chi connectivity index (χ3n) is 2.94. The molecule has 0 radical (unpaired) electrons. The van der Waals surface area contributed by atoms with E-state index in [1.807, 2.05) is 6.92 Å². The van der Waals surface area contributed by atoms with Gasteiger partial charge in [0.25, 0.3) is 0 Å². The monoisotopic (exact) mass is 243 g/mol. The second-order valence-electron chi connectivity index (χ2n) is 4.15. The van der Waals surface area contributed by atoms with E-state index in [2.05, 4.69) is 10.2 Å². The van der Waals surface area contributed by atoms with Crippen molar-refractivity contribution >= 4 is 23.1 Å². The third-order valence-corrected chi connectivity index (χ3v) is 3.21. The van der Waals surface area contributed by atoms with Crippen molar-refractivity contribution < 1.29 is 4.79 Å². The highest BCUT2D eigenvalue weighted by Crippen LogP contribution is 2.17. The van der Waals surface area contributed by atoms with Crippen LogP contribution in [0.1, 0.15) is 32.6 Å². The standard InChI is InChI=1S/C11H21N3OS/c1-2-13-10(15)6-8-14-7-4-3-5-9(14)11(12)16/h9H,2-8H2,1H3,(H2,12,16)(H,13,15). The molecule has 0 aromatic heterocycles. The number of hydrogen-bond acceptors (Lipinski definition) is 3. The van der Waals surface area contributed by atoms with Crippen LogP contribution in [0.5, 0.6) is 0 Å². The number of carbonyl (C=O) groups excluding carboxylic acids is 1. The fourth-order valence-corrected chi connectivity index (χ4v) is 2.38. The van der Waals surface area contributed by atoms with Crippen molar-refractivity contribution in [3.05, 3.63) is 0 Å². The summed E-state index contributed by atoms with van der Waals surface area (Å²) in [7, 11) is 0. The molecule has 0 spiro atoms. The maximum Gasteiger partial charge on any atom is 0.221 e. The molecule has 5 heteroatoms. The van der Waals surface area contributed by atoms with Crippen molar-refractivity contribution in [1.29, 1.82) is 0 Å². The summed E-state index contributed by atoms with van der Waals surface area (Å²) in [5.41, 5.74) is 5.71. The van der Waals surface area contributed by atoms with Gasteiger partial charge in [-0.3, -0.25) is 9.69 Å². The summed E-state index contributed by atoms with van der Waals surface area (Å²) in [5, 5.41) is 2.80. The molecule has 16 heavy (non-hydrogen) atoms. The maximum absolute atomic E-state index is 11.4. The second-order valence-corrected chi connectivity index (χ2v) is 4.62. The Balaban J connectivity index is 2.38. The Morgan fingerprint density at radius 3 is 2.94 bits per heavy atom. The van der Waals surface area contributed by atoms with Crippen molar-refractivity contribution in [2.24, 2.45) is 5.73 Å². The number of nitrogens with zero attached hydrogens (tertiary/aromatic N) is 1. The molecule has 1 saturated heterocycles. The number of thiocarbonyl (C=S) groups is 1. The van der Waals surface area contributed by atoms with Gasteiger partial charge < -0.3 is 11.1 Å². The van der Waals surface area contributed by atoms with Crippen molar-refractivity contribution in [3.8, 4) is 0 Å². The van der Waals surface area contributed by atoms with Crippen LogP contribution in [0.2, 0.25) is 0 Å². The summed E-state index contributed by atoms with van der Waals surface area (Å²) in [6.45, 7) is 4.38. The Labute approximate surface area is 103 Å². The number of likely N-dealkylation sites (tertiary alicyclic amines) is 1. The van der Waals surface area contributed by atoms with Crippen LogP contribution in [0.3, 0.4) is 0 Å². The van der Waals surface area contributed by atoms with E-state index < -0.39 is 0 Å². The molecular weight excluding hydrogens is 222 g/mol. The van der Waals surface area contributed by atoms with Crippen LogP contribution in [0.25, 0.3) is 0 Å². The van der Waals surface area contributed by atoms with Crippen LogP contribution in [0.15, 0.2) is 0 Å².